The van der Waals surface area contributed by atoms with E-state index >= 15 is 0 Å². The molecule has 0 spiro atoms. The van der Waals surface area contributed by atoms with Crippen molar-refractivity contribution in [3.8, 4) is 0 Å². The number of carbonyl (C=O) groups excluding carboxylic acids is 2. The molecule has 6 N–H and O–H groups in total. The van der Waals surface area contributed by atoms with Gasteiger partial charge < -0.3 is 64.0 Å². The average molecular weight is 938 g/mol. The second-order valence-electron chi connectivity index (χ2n) is 17.7. The Morgan fingerprint density at radius 1 is 0.955 bits per heavy atom. The molecule has 0 radical (unpaired) electrons. The van der Waals surface area contributed by atoms with Gasteiger partial charge in [-0.1, -0.05) is 124 Å². The van der Waals surface area contributed by atoms with Crippen LogP contribution < -0.4 is 5.32 Å². The fourth-order valence-electron chi connectivity index (χ4n) is 8.43. The van der Waals surface area contributed by atoms with Crippen LogP contribution in [0.15, 0.2) is 115 Å². The highest BCUT2D eigenvalue weighted by Crippen LogP contribution is 2.46. The quantitative estimate of drug-likeness (QED) is 0.0537. The number of amides is 1. The van der Waals surface area contributed by atoms with Gasteiger partial charge in [-0.15, -0.1) is 0 Å². The van der Waals surface area contributed by atoms with Gasteiger partial charge in [-0.2, -0.15) is 0 Å². The number of esters is 1. The van der Waals surface area contributed by atoms with Crippen LogP contribution in [-0.4, -0.2) is 144 Å². The molecule has 3 aliphatic rings. The van der Waals surface area contributed by atoms with Crippen molar-refractivity contribution in [3.63, 3.8) is 0 Å². The number of methoxy groups -OCH3 is 2. The van der Waals surface area contributed by atoms with Gasteiger partial charge in [0, 0.05) is 51.0 Å². The summed E-state index contributed by atoms with van der Waals surface area (Å²) < 4.78 is 42.0. The average Bonchev–Trinajstić information content (AvgIpc) is 3.66. The maximum absolute atomic E-state index is 14.5. The number of aliphatic hydroxyl groups excluding tert-OH is 3. The van der Waals surface area contributed by atoms with Crippen LogP contribution in [0.5, 0.6) is 0 Å². The van der Waals surface area contributed by atoms with Crippen molar-refractivity contribution in [2.45, 2.75) is 134 Å². The number of carboxylic acid groups (broad SMARTS) is 1. The molecule has 1 aromatic carbocycles. The van der Waals surface area contributed by atoms with Crippen LogP contribution in [0, 0.1) is 17.3 Å². The zero-order valence-electron chi connectivity index (χ0n) is 39.8. The van der Waals surface area contributed by atoms with E-state index in [1.807, 2.05) is 26.8 Å². The van der Waals surface area contributed by atoms with Crippen LogP contribution in [0.25, 0.3) is 0 Å². The summed E-state index contributed by atoms with van der Waals surface area (Å²) in [7, 11) is 3.04. The molecule has 3 fully saturated rings. The summed E-state index contributed by atoms with van der Waals surface area (Å²) in [4.78, 5) is 38.7. The summed E-state index contributed by atoms with van der Waals surface area (Å²) in [5, 5.41) is 57.7. The minimum atomic E-state index is -2.65. The number of nitrogens with one attached hydrogen (secondary N) is 1. The van der Waals surface area contributed by atoms with Gasteiger partial charge in [-0.05, 0) is 31.9 Å². The Morgan fingerprint density at radius 2 is 1.66 bits per heavy atom. The lowest BCUT2D eigenvalue weighted by molar-refractivity contribution is -0.367. The number of carboxylic acids is 1. The zero-order chi connectivity index (χ0) is 49.3. The SMILES string of the molecule is CC=CC=CC1OC(O)(C(COC2CC(OC)C(O)C(C)O2)C(=O)NCC=CC=C(C)C(OC)C(C)C2CC(O)C(C=CC=CC=CC(=O)O)O2)C(OC(=O)Cc2ccccc2)C(O)C1(C)C. The van der Waals surface area contributed by atoms with Gasteiger partial charge in [0.15, 0.2) is 12.4 Å². The first-order chi connectivity index (χ1) is 31.9. The van der Waals surface area contributed by atoms with Crippen molar-refractivity contribution in [2.24, 2.45) is 17.3 Å². The number of benzene rings is 1. The fraction of sp³-hybridized carbons (Fsp3) is 0.549. The maximum atomic E-state index is 14.5. The second-order valence-corrected chi connectivity index (χ2v) is 17.7. The number of aliphatic carboxylic acids is 1. The molecule has 16 nitrogen and oxygen atoms in total. The van der Waals surface area contributed by atoms with Crippen LogP contribution in [0.1, 0.15) is 59.9 Å². The van der Waals surface area contributed by atoms with Crippen LogP contribution in [-0.2, 0) is 54.0 Å². The monoisotopic (exact) mass is 937 g/mol. The first-order valence-corrected chi connectivity index (χ1v) is 22.7. The van der Waals surface area contributed by atoms with Crippen molar-refractivity contribution in [1.82, 2.24) is 5.32 Å². The van der Waals surface area contributed by atoms with E-state index in [2.05, 4.69) is 5.32 Å². The van der Waals surface area contributed by atoms with Crippen LogP contribution in [0.3, 0.4) is 0 Å². The predicted octanol–water partition coefficient (Wildman–Crippen LogP) is 4.43. The molecule has 1 aromatic rings. The van der Waals surface area contributed by atoms with Gasteiger partial charge in [-0.3, -0.25) is 9.59 Å². The molecule has 4 rings (SSSR count). The van der Waals surface area contributed by atoms with Gasteiger partial charge in [0.25, 0.3) is 0 Å². The first kappa shape index (κ1) is 55.0. The van der Waals surface area contributed by atoms with Crippen LogP contribution in [0.4, 0.5) is 0 Å². The highest BCUT2D eigenvalue weighted by molar-refractivity contribution is 5.81. The molecule has 67 heavy (non-hydrogen) atoms. The molecular weight excluding hydrogens is 867 g/mol. The Balaban J connectivity index is 1.56. The number of hydrogen-bond donors (Lipinski definition) is 6. The van der Waals surface area contributed by atoms with Crippen molar-refractivity contribution in [1.29, 1.82) is 0 Å². The number of ether oxygens (including phenoxy) is 7. The molecule has 14 unspecified atom stereocenters. The molecule has 3 heterocycles. The summed E-state index contributed by atoms with van der Waals surface area (Å²) >= 11 is 0. The van der Waals surface area contributed by atoms with E-state index in [1.165, 1.54) is 13.2 Å². The summed E-state index contributed by atoms with van der Waals surface area (Å²) in [6.07, 6.45) is 11.9. The first-order valence-electron chi connectivity index (χ1n) is 22.7. The number of hydrogen-bond acceptors (Lipinski definition) is 14. The van der Waals surface area contributed by atoms with Crippen molar-refractivity contribution >= 4 is 17.8 Å². The Hall–Kier alpha value is -4.59. The molecule has 0 saturated carbocycles. The molecule has 0 bridgehead atoms. The molecule has 1 amide bonds. The van der Waals surface area contributed by atoms with Crippen LogP contribution in [0.2, 0.25) is 0 Å². The van der Waals surface area contributed by atoms with Crippen LogP contribution >= 0.6 is 0 Å². The lowest BCUT2D eigenvalue weighted by Crippen LogP contribution is -2.71. The standard InChI is InChI=1S/C51H71NO15/c1-9-10-14-25-41-50(5,6)47(58)48(66-43(56)28-35-22-15-13-16-23-35)51(60,67-41)36(31-63-44-30-40(61-7)45(57)34(4)64-44)49(59)52-27-20-19-21-32(2)46(62-8)33(3)39-29-37(53)38(65-39)24-17-11-12-18-26-42(54)55/h9-26,33-34,36-41,44-48,53,57-58,60H,27-31H2,1-8H3,(H,52,59)(H,54,55). The zero-order valence-corrected chi connectivity index (χ0v) is 39.8. The predicted molar refractivity (Wildman–Crippen MR) is 249 cm³/mol. The normalized spacial score (nSPS) is 31.9. The number of aliphatic hydroxyl groups is 4. The smallest absolute Gasteiger partial charge is 0.328 e. The number of rotatable bonds is 22. The highest BCUT2D eigenvalue weighted by Gasteiger charge is 2.63. The third-order valence-corrected chi connectivity index (χ3v) is 12.5. The number of allylic oxidation sites excluding steroid dienone is 9. The van der Waals surface area contributed by atoms with Crippen molar-refractivity contribution in [3.05, 3.63) is 120 Å². The van der Waals surface area contributed by atoms with Gasteiger partial charge in [-0.25, -0.2) is 4.79 Å². The summed E-state index contributed by atoms with van der Waals surface area (Å²) in [5.74, 6) is -7.01. The van der Waals surface area contributed by atoms with Gasteiger partial charge in [0.2, 0.25) is 11.7 Å². The largest absolute Gasteiger partial charge is 0.478 e. The Kier molecular flexibility index (Phi) is 21.5. The van der Waals surface area contributed by atoms with Crippen molar-refractivity contribution in [2.75, 3.05) is 27.4 Å². The van der Waals surface area contributed by atoms with E-state index in [1.54, 1.807) is 119 Å². The third-order valence-electron chi connectivity index (χ3n) is 12.5. The molecule has 16 heteroatoms. The summed E-state index contributed by atoms with van der Waals surface area (Å²) in [6.45, 7) is 10.2. The van der Waals surface area contributed by atoms with E-state index in [-0.39, 0.29) is 31.4 Å². The minimum absolute atomic E-state index is 0.0269. The lowest BCUT2D eigenvalue weighted by Gasteiger charge is -2.54. The van der Waals surface area contributed by atoms with E-state index in [9.17, 15) is 34.8 Å². The van der Waals surface area contributed by atoms with E-state index in [0.717, 1.165) is 11.6 Å². The summed E-state index contributed by atoms with van der Waals surface area (Å²) in [6, 6.07) is 8.83. The molecule has 0 aromatic heterocycles. The second kappa shape index (κ2) is 26.2. The van der Waals surface area contributed by atoms with Gasteiger partial charge in [0.05, 0.1) is 49.7 Å². The Morgan fingerprint density at radius 3 is 2.33 bits per heavy atom. The number of carbonyl (C=O) groups is 3. The van der Waals surface area contributed by atoms with E-state index < -0.39 is 103 Å². The topological polar surface area (TPSA) is 229 Å². The molecule has 370 valence electrons. The highest BCUT2D eigenvalue weighted by atomic mass is 16.7. The molecule has 14 atom stereocenters. The summed E-state index contributed by atoms with van der Waals surface area (Å²) in [5.41, 5.74) is 0.338. The van der Waals surface area contributed by atoms with E-state index in [0.29, 0.717) is 12.0 Å². The van der Waals surface area contributed by atoms with Gasteiger partial charge in [0.1, 0.15) is 24.2 Å². The fourth-order valence-corrected chi connectivity index (χ4v) is 8.43. The molecule has 3 aliphatic heterocycles. The Labute approximate surface area is 394 Å². The Bertz CT molecular complexity index is 1960. The molecule has 0 aliphatic carbocycles. The minimum Gasteiger partial charge on any atom is -0.478 e. The van der Waals surface area contributed by atoms with Crippen molar-refractivity contribution < 1.29 is 73.1 Å². The van der Waals surface area contributed by atoms with E-state index in [4.69, 9.17) is 38.3 Å². The third kappa shape index (κ3) is 15.2. The maximum Gasteiger partial charge on any atom is 0.328 e. The van der Waals surface area contributed by atoms with Gasteiger partial charge >= 0.3 is 11.9 Å². The molecule has 3 saturated heterocycles. The molecular formula is C51H71NO15. The lowest BCUT2D eigenvalue weighted by atomic mass is 9.71.